The van der Waals surface area contributed by atoms with Crippen LogP contribution < -0.4 is 5.56 Å². The molecule has 2 aromatic rings. The lowest BCUT2D eigenvalue weighted by Crippen LogP contribution is -2.39. The van der Waals surface area contributed by atoms with Gasteiger partial charge in [-0.3, -0.25) is 19.0 Å². The van der Waals surface area contributed by atoms with E-state index in [0.29, 0.717) is 24.2 Å². The van der Waals surface area contributed by atoms with Crippen molar-refractivity contribution in [2.45, 2.75) is 19.4 Å². The predicted molar refractivity (Wildman–Crippen MR) is 72.9 cm³/mol. The number of fused-ring (bicyclic) bond motifs is 1. The molecule has 0 atom stereocenters. The van der Waals surface area contributed by atoms with Crippen LogP contribution in [0.2, 0.25) is 0 Å². The fourth-order valence-electron chi connectivity index (χ4n) is 2.29. The third-order valence-electron chi connectivity index (χ3n) is 3.33. The molecule has 1 saturated heterocycles. The molecule has 1 aromatic heterocycles. The second-order valence-corrected chi connectivity index (χ2v) is 4.71. The van der Waals surface area contributed by atoms with Gasteiger partial charge >= 0.3 is 0 Å². The molecule has 0 bridgehead atoms. The number of nitrogens with zero attached hydrogens (tertiary/aromatic N) is 3. The van der Waals surface area contributed by atoms with Gasteiger partial charge in [0, 0.05) is 6.54 Å². The van der Waals surface area contributed by atoms with E-state index in [2.05, 4.69) is 4.98 Å². The summed E-state index contributed by atoms with van der Waals surface area (Å²) in [5.74, 6) is -0.205. The Morgan fingerprint density at radius 3 is 2.95 bits per heavy atom. The Morgan fingerprint density at radius 1 is 1.30 bits per heavy atom. The minimum Gasteiger partial charge on any atom is -0.296 e. The van der Waals surface area contributed by atoms with E-state index in [9.17, 15) is 9.59 Å². The van der Waals surface area contributed by atoms with Gasteiger partial charge in [0.05, 0.1) is 23.8 Å². The van der Waals surface area contributed by atoms with E-state index >= 15 is 0 Å². The zero-order valence-electron chi connectivity index (χ0n) is 11.0. The number of aromatic nitrogens is 2. The van der Waals surface area contributed by atoms with E-state index in [1.54, 1.807) is 6.07 Å². The summed E-state index contributed by atoms with van der Waals surface area (Å²) >= 11 is 0. The number of carbonyl (C=O) groups is 1. The summed E-state index contributed by atoms with van der Waals surface area (Å²) in [7, 11) is 0. The number of carbonyl (C=O) groups excluding carboxylic acids is 1. The molecule has 6 nitrogen and oxygen atoms in total. The van der Waals surface area contributed by atoms with Crippen molar-refractivity contribution in [3.63, 3.8) is 0 Å². The third-order valence-corrected chi connectivity index (χ3v) is 3.33. The molecule has 0 saturated carbocycles. The van der Waals surface area contributed by atoms with Gasteiger partial charge in [-0.2, -0.15) is 0 Å². The van der Waals surface area contributed by atoms with Crippen LogP contribution in [0.5, 0.6) is 0 Å². The molecule has 0 spiro atoms. The summed E-state index contributed by atoms with van der Waals surface area (Å²) in [6, 6.07) is 7.27. The van der Waals surface area contributed by atoms with Crippen LogP contribution in [0.3, 0.4) is 0 Å². The van der Waals surface area contributed by atoms with Gasteiger partial charge in [0.15, 0.2) is 0 Å². The maximum Gasteiger partial charge on any atom is 0.269 e. The highest BCUT2D eigenvalue weighted by molar-refractivity contribution is 5.79. The topological polar surface area (TPSA) is 64.4 Å². The molecule has 104 valence electrons. The van der Waals surface area contributed by atoms with E-state index in [-0.39, 0.29) is 18.0 Å². The fourth-order valence-corrected chi connectivity index (χ4v) is 2.29. The van der Waals surface area contributed by atoms with Crippen LogP contribution in [0.1, 0.15) is 12.8 Å². The molecule has 1 amide bonds. The van der Waals surface area contributed by atoms with Crippen molar-refractivity contribution in [2.75, 3.05) is 13.2 Å². The van der Waals surface area contributed by atoms with Crippen LogP contribution in [0.4, 0.5) is 0 Å². The minimum absolute atomic E-state index is 0.0259. The number of hydroxylamine groups is 2. The van der Waals surface area contributed by atoms with Crippen molar-refractivity contribution in [2.24, 2.45) is 0 Å². The van der Waals surface area contributed by atoms with Crippen LogP contribution in [0.15, 0.2) is 35.3 Å². The van der Waals surface area contributed by atoms with Crippen molar-refractivity contribution >= 4 is 16.9 Å². The molecular formula is C14H15N3O3. The first-order valence-corrected chi connectivity index (χ1v) is 6.63. The normalized spacial score (nSPS) is 15.5. The summed E-state index contributed by atoms with van der Waals surface area (Å²) in [4.78, 5) is 33.5. The summed E-state index contributed by atoms with van der Waals surface area (Å²) < 4.78 is 1.43. The van der Waals surface area contributed by atoms with Crippen LogP contribution in [-0.2, 0) is 16.2 Å². The molecule has 1 aliphatic heterocycles. The zero-order valence-corrected chi connectivity index (χ0v) is 11.0. The first-order valence-electron chi connectivity index (χ1n) is 6.63. The molecule has 2 heterocycles. The SMILES string of the molecule is O=C(Cn1c(=O)cnc2ccccc21)N1CCCCO1. The largest absolute Gasteiger partial charge is 0.296 e. The van der Waals surface area contributed by atoms with Crippen LogP contribution in [0.25, 0.3) is 11.0 Å². The maximum atomic E-state index is 12.2. The maximum absolute atomic E-state index is 12.2. The second-order valence-electron chi connectivity index (χ2n) is 4.71. The molecule has 1 aromatic carbocycles. The molecule has 0 N–H and O–H groups in total. The van der Waals surface area contributed by atoms with E-state index in [4.69, 9.17) is 4.84 Å². The molecule has 6 heteroatoms. The van der Waals surface area contributed by atoms with E-state index in [0.717, 1.165) is 12.8 Å². The molecule has 3 rings (SSSR count). The zero-order chi connectivity index (χ0) is 13.9. The molecule has 0 aliphatic carbocycles. The van der Waals surface area contributed by atoms with Gasteiger partial charge in [-0.05, 0) is 25.0 Å². The quantitative estimate of drug-likeness (QED) is 0.817. The first-order chi connectivity index (χ1) is 9.75. The second kappa shape index (κ2) is 5.42. The molecule has 0 radical (unpaired) electrons. The molecule has 0 unspecified atom stereocenters. The fraction of sp³-hybridized carbons (Fsp3) is 0.357. The number of amides is 1. The van der Waals surface area contributed by atoms with Crippen molar-refractivity contribution < 1.29 is 9.63 Å². The summed E-state index contributed by atoms with van der Waals surface area (Å²) in [6.45, 7) is 1.11. The molecule has 1 fully saturated rings. The third kappa shape index (κ3) is 2.42. The number of para-hydroxylation sites is 2. The number of hydrogen-bond donors (Lipinski definition) is 0. The van der Waals surface area contributed by atoms with Crippen molar-refractivity contribution in [1.29, 1.82) is 0 Å². The predicted octanol–water partition coefficient (Wildman–Crippen LogP) is 0.950. The highest BCUT2D eigenvalue weighted by Gasteiger charge is 2.19. The van der Waals surface area contributed by atoms with Gasteiger partial charge in [-0.1, -0.05) is 12.1 Å². The number of benzene rings is 1. The lowest BCUT2D eigenvalue weighted by Gasteiger charge is -2.26. The van der Waals surface area contributed by atoms with Crippen LogP contribution >= 0.6 is 0 Å². The van der Waals surface area contributed by atoms with Gasteiger partial charge in [0.1, 0.15) is 6.54 Å². The average molecular weight is 273 g/mol. The van der Waals surface area contributed by atoms with Gasteiger partial charge in [0.2, 0.25) is 0 Å². The Hall–Kier alpha value is -2.21. The average Bonchev–Trinajstić information content (AvgIpc) is 2.51. The number of rotatable bonds is 2. The van der Waals surface area contributed by atoms with E-state index < -0.39 is 0 Å². The molecule has 1 aliphatic rings. The van der Waals surface area contributed by atoms with Crippen molar-refractivity contribution in [1.82, 2.24) is 14.6 Å². The van der Waals surface area contributed by atoms with Crippen molar-refractivity contribution in [3.8, 4) is 0 Å². The Bertz CT molecular complexity index is 689. The Balaban J connectivity index is 1.92. The lowest BCUT2D eigenvalue weighted by atomic mass is 10.3. The Kier molecular flexibility index (Phi) is 3.47. The highest BCUT2D eigenvalue weighted by Crippen LogP contribution is 2.10. The van der Waals surface area contributed by atoms with Crippen LogP contribution in [0, 0.1) is 0 Å². The highest BCUT2D eigenvalue weighted by atomic mass is 16.7. The summed E-state index contributed by atoms with van der Waals surface area (Å²) in [5.41, 5.74) is 1.07. The van der Waals surface area contributed by atoms with Gasteiger partial charge in [0.25, 0.3) is 11.5 Å². The lowest BCUT2D eigenvalue weighted by molar-refractivity contribution is -0.197. The van der Waals surface area contributed by atoms with Gasteiger partial charge in [-0.25, -0.2) is 10.0 Å². The summed E-state index contributed by atoms with van der Waals surface area (Å²) in [6.07, 6.45) is 3.13. The Morgan fingerprint density at radius 2 is 2.15 bits per heavy atom. The van der Waals surface area contributed by atoms with Crippen LogP contribution in [-0.4, -0.2) is 33.7 Å². The Labute approximate surface area is 115 Å². The summed E-state index contributed by atoms with van der Waals surface area (Å²) in [5, 5.41) is 1.35. The van der Waals surface area contributed by atoms with Gasteiger partial charge < -0.3 is 0 Å². The van der Waals surface area contributed by atoms with Gasteiger partial charge in [-0.15, -0.1) is 0 Å². The van der Waals surface area contributed by atoms with Crippen molar-refractivity contribution in [3.05, 3.63) is 40.8 Å². The van der Waals surface area contributed by atoms with E-state index in [1.165, 1.54) is 15.8 Å². The number of hydrogen-bond acceptors (Lipinski definition) is 4. The molecular weight excluding hydrogens is 258 g/mol. The smallest absolute Gasteiger partial charge is 0.269 e. The first kappa shape index (κ1) is 12.8. The molecule has 20 heavy (non-hydrogen) atoms. The monoisotopic (exact) mass is 273 g/mol. The minimum atomic E-state index is -0.283. The van der Waals surface area contributed by atoms with E-state index in [1.807, 2.05) is 18.2 Å². The standard InChI is InChI=1S/C14H15N3O3/c18-13-9-15-11-5-1-2-6-12(11)16(13)10-14(19)17-7-3-4-8-20-17/h1-2,5-6,9H,3-4,7-8,10H2.